The van der Waals surface area contributed by atoms with Crippen LogP contribution in [0.2, 0.25) is 12.6 Å². The molecule has 0 radical (unpaired) electrons. The highest BCUT2D eigenvalue weighted by Gasteiger charge is 2.20. The number of rotatable bonds is 36. The van der Waals surface area contributed by atoms with E-state index in [9.17, 15) is 14.4 Å². The lowest BCUT2D eigenvalue weighted by Crippen LogP contribution is -2.32. The third kappa shape index (κ3) is 35.7. The van der Waals surface area contributed by atoms with Gasteiger partial charge in [0.1, 0.15) is 6.61 Å². The standard InChI is InChI=1S/C29H61NO13Si/c1-4-7-34-8-9-35-10-11-36-12-13-37-14-15-38-16-17-39-18-19-40-20-21-41-22-23-42-24-25-43-29(31)28(2)27-30-6-5-26-44(3,32)33/h28,30,32-33H,4-27H2,1-3H3. The third-order valence-corrected chi connectivity index (χ3v) is 6.95. The largest absolute Gasteiger partial charge is 0.463 e. The molecule has 0 aliphatic carbocycles. The number of ether oxygens (including phenoxy) is 10. The smallest absolute Gasteiger partial charge is 0.329 e. The van der Waals surface area contributed by atoms with Crippen molar-refractivity contribution >= 4 is 14.5 Å². The van der Waals surface area contributed by atoms with Gasteiger partial charge < -0.3 is 62.3 Å². The molecule has 0 aromatic carbocycles. The van der Waals surface area contributed by atoms with Gasteiger partial charge in [0.25, 0.3) is 0 Å². The highest BCUT2D eigenvalue weighted by atomic mass is 28.4. The van der Waals surface area contributed by atoms with Gasteiger partial charge in [-0.05, 0) is 32.0 Å². The van der Waals surface area contributed by atoms with E-state index in [1.807, 2.05) is 0 Å². The highest BCUT2D eigenvalue weighted by Crippen LogP contribution is 2.03. The van der Waals surface area contributed by atoms with E-state index in [2.05, 4.69) is 12.2 Å². The Morgan fingerprint density at radius 3 is 1.23 bits per heavy atom. The van der Waals surface area contributed by atoms with Gasteiger partial charge in [-0.3, -0.25) is 4.79 Å². The first kappa shape index (κ1) is 43.2. The third-order valence-electron chi connectivity index (χ3n) is 5.65. The molecule has 0 saturated carbocycles. The normalized spacial score (nSPS) is 12.6. The minimum absolute atomic E-state index is 0.187. The van der Waals surface area contributed by atoms with Gasteiger partial charge in [0.2, 0.25) is 0 Å². The minimum Gasteiger partial charge on any atom is -0.463 e. The maximum atomic E-state index is 12.0. The molecule has 0 bridgehead atoms. The first-order chi connectivity index (χ1) is 21.4. The molecule has 0 saturated heterocycles. The van der Waals surface area contributed by atoms with E-state index >= 15 is 0 Å². The summed E-state index contributed by atoms with van der Waals surface area (Å²) in [5.41, 5.74) is 0. The zero-order valence-corrected chi connectivity index (χ0v) is 28.4. The molecule has 0 aliphatic heterocycles. The Morgan fingerprint density at radius 2 is 0.909 bits per heavy atom. The topological polar surface area (TPSA) is 162 Å². The number of hydrogen-bond donors (Lipinski definition) is 3. The molecule has 0 spiro atoms. The number of hydrogen-bond acceptors (Lipinski definition) is 14. The van der Waals surface area contributed by atoms with Crippen LogP contribution in [0.5, 0.6) is 0 Å². The summed E-state index contributed by atoms with van der Waals surface area (Å²) in [7, 11) is -2.99. The van der Waals surface area contributed by atoms with Crippen molar-refractivity contribution in [3.63, 3.8) is 0 Å². The molecule has 0 aliphatic rings. The van der Waals surface area contributed by atoms with E-state index in [0.717, 1.165) is 13.0 Å². The summed E-state index contributed by atoms with van der Waals surface area (Å²) in [4.78, 5) is 30.7. The average Bonchev–Trinajstić information content (AvgIpc) is 2.99. The van der Waals surface area contributed by atoms with Crippen molar-refractivity contribution in [2.75, 3.05) is 139 Å². The fraction of sp³-hybridized carbons (Fsp3) is 0.966. The van der Waals surface area contributed by atoms with Crippen LogP contribution in [0.1, 0.15) is 26.7 Å². The number of nitrogens with one attached hydrogen (secondary N) is 1. The molecule has 44 heavy (non-hydrogen) atoms. The van der Waals surface area contributed by atoms with Crippen molar-refractivity contribution in [1.82, 2.24) is 5.32 Å². The van der Waals surface area contributed by atoms with Gasteiger partial charge >= 0.3 is 14.5 Å². The number of carbonyl (C=O) groups excluding carboxylic acids is 1. The lowest BCUT2D eigenvalue weighted by molar-refractivity contribution is -0.149. The van der Waals surface area contributed by atoms with E-state index in [0.29, 0.717) is 138 Å². The Bertz CT molecular complexity index is 602. The maximum Gasteiger partial charge on any atom is 0.329 e. The van der Waals surface area contributed by atoms with E-state index in [1.54, 1.807) is 6.92 Å². The molecule has 0 heterocycles. The Hall–Kier alpha value is -0.793. The van der Waals surface area contributed by atoms with Gasteiger partial charge in [0, 0.05) is 13.2 Å². The molecule has 0 aromatic heterocycles. The zero-order valence-electron chi connectivity index (χ0n) is 27.4. The molecule has 0 rings (SSSR count). The summed E-state index contributed by atoms with van der Waals surface area (Å²) in [6, 6.07) is 0.405. The fourth-order valence-corrected chi connectivity index (χ4v) is 4.15. The van der Waals surface area contributed by atoms with Crippen LogP contribution in [0.3, 0.4) is 0 Å². The van der Waals surface area contributed by atoms with Crippen LogP contribution in [0.4, 0.5) is 0 Å². The summed E-state index contributed by atoms with van der Waals surface area (Å²) < 4.78 is 54.0. The number of carbonyl (C=O) groups is 1. The van der Waals surface area contributed by atoms with Crippen molar-refractivity contribution in [3.8, 4) is 0 Å². The van der Waals surface area contributed by atoms with Gasteiger partial charge in [0.05, 0.1) is 118 Å². The molecule has 14 nitrogen and oxygen atoms in total. The van der Waals surface area contributed by atoms with Gasteiger partial charge in [-0.2, -0.15) is 0 Å². The number of esters is 1. The first-order valence-corrected chi connectivity index (χ1v) is 18.5. The average molecular weight is 660 g/mol. The summed E-state index contributed by atoms with van der Waals surface area (Å²) in [6.07, 6.45) is 1.68. The molecule has 15 heteroatoms. The van der Waals surface area contributed by atoms with E-state index in [4.69, 9.17) is 47.4 Å². The maximum absolute atomic E-state index is 12.0. The summed E-state index contributed by atoms with van der Waals surface area (Å²) in [5, 5.41) is 3.13. The van der Waals surface area contributed by atoms with Crippen molar-refractivity contribution in [2.45, 2.75) is 39.3 Å². The molecule has 1 unspecified atom stereocenters. The van der Waals surface area contributed by atoms with E-state index < -0.39 is 8.56 Å². The second-order valence-electron chi connectivity index (χ2n) is 10.1. The molecule has 1 atom stereocenters. The molecular formula is C29H61NO13Si. The highest BCUT2D eigenvalue weighted by molar-refractivity contribution is 6.63. The Morgan fingerprint density at radius 1 is 0.591 bits per heavy atom. The van der Waals surface area contributed by atoms with Crippen LogP contribution in [-0.2, 0) is 52.2 Å². The Kier molecular flexibility index (Phi) is 33.0. The monoisotopic (exact) mass is 659 g/mol. The van der Waals surface area contributed by atoms with Crippen LogP contribution in [0.15, 0.2) is 0 Å². The van der Waals surface area contributed by atoms with Crippen molar-refractivity contribution in [1.29, 1.82) is 0 Å². The van der Waals surface area contributed by atoms with Gasteiger partial charge in [-0.15, -0.1) is 0 Å². The van der Waals surface area contributed by atoms with Crippen LogP contribution >= 0.6 is 0 Å². The zero-order chi connectivity index (χ0) is 32.4. The lowest BCUT2D eigenvalue weighted by atomic mass is 10.2. The first-order valence-electron chi connectivity index (χ1n) is 15.9. The predicted octanol–water partition coefficient (Wildman–Crippen LogP) is 0.761. The van der Waals surface area contributed by atoms with Crippen molar-refractivity contribution < 1.29 is 61.8 Å². The van der Waals surface area contributed by atoms with Gasteiger partial charge in [-0.1, -0.05) is 13.8 Å². The quantitative estimate of drug-likeness (QED) is 0.0491. The van der Waals surface area contributed by atoms with Gasteiger partial charge in [0.15, 0.2) is 0 Å². The van der Waals surface area contributed by atoms with Crippen molar-refractivity contribution in [2.24, 2.45) is 5.92 Å². The van der Waals surface area contributed by atoms with Crippen LogP contribution < -0.4 is 5.32 Å². The molecule has 3 N–H and O–H groups in total. The predicted molar refractivity (Wildman–Crippen MR) is 166 cm³/mol. The second kappa shape index (κ2) is 33.6. The van der Waals surface area contributed by atoms with Crippen molar-refractivity contribution in [3.05, 3.63) is 0 Å². The second-order valence-corrected chi connectivity index (χ2v) is 13.0. The van der Waals surface area contributed by atoms with Crippen LogP contribution in [0.25, 0.3) is 0 Å². The van der Waals surface area contributed by atoms with E-state index in [-0.39, 0.29) is 18.5 Å². The fourth-order valence-electron chi connectivity index (χ4n) is 3.30. The summed E-state index contributed by atoms with van der Waals surface area (Å²) in [6.45, 7) is 15.8. The molecule has 0 fully saturated rings. The van der Waals surface area contributed by atoms with E-state index in [1.165, 1.54) is 6.55 Å². The lowest BCUT2D eigenvalue weighted by Gasteiger charge is -2.14. The molecular weight excluding hydrogens is 598 g/mol. The Labute approximate surface area is 265 Å². The summed E-state index contributed by atoms with van der Waals surface area (Å²) in [5.74, 6) is -0.581. The molecule has 0 aromatic rings. The summed E-state index contributed by atoms with van der Waals surface area (Å²) >= 11 is 0. The van der Waals surface area contributed by atoms with Crippen LogP contribution in [0, 0.1) is 5.92 Å². The van der Waals surface area contributed by atoms with Gasteiger partial charge in [-0.25, -0.2) is 0 Å². The molecule has 264 valence electrons. The SMILES string of the molecule is CCCOCCOCCOCCOCCOCCOCCOCCOCCOCCOC(=O)C(C)CNCCC[Si](C)(O)O. The molecule has 0 amide bonds. The minimum atomic E-state index is -2.99. The Balaban J connectivity index is 3.20. The van der Waals surface area contributed by atoms with Crippen LogP contribution in [-0.4, -0.2) is 163 Å².